The maximum absolute atomic E-state index is 15.4. The van der Waals surface area contributed by atoms with Crippen molar-refractivity contribution in [1.29, 1.82) is 0 Å². The number of hydrogen-bond acceptors (Lipinski definition) is 5. The molecule has 1 aromatic heterocycles. The average molecular weight is 549 g/mol. The molecule has 4 rings (SSSR count). The van der Waals surface area contributed by atoms with Crippen LogP contribution in [0.3, 0.4) is 0 Å². The summed E-state index contributed by atoms with van der Waals surface area (Å²) >= 11 is 5.66. The summed E-state index contributed by atoms with van der Waals surface area (Å²) in [5, 5.41) is 2.61. The van der Waals surface area contributed by atoms with Crippen LogP contribution >= 0.6 is 11.6 Å². The number of rotatable bonds is 5. The van der Waals surface area contributed by atoms with E-state index in [1.807, 2.05) is 4.72 Å². The number of halogens is 4. The highest BCUT2D eigenvalue weighted by Gasteiger charge is 2.23. The van der Waals surface area contributed by atoms with Gasteiger partial charge in [-0.3, -0.25) is 14.8 Å². The molecule has 0 atom stereocenters. The Morgan fingerprint density at radius 3 is 2.35 bits per heavy atom. The standard InChI is InChI=1S/C25H20ClF3N4O3S/c1-25(2,3)23(34)32-24-30-12-14-10-13(4-8-19(14)31-24)21-18(28)7-9-20(22(21)29)33-37(35,36)15-5-6-17(27)16(26)11-15/h4-12,33H,1-3H3,(H,30,31,32,34). The normalized spacial score (nSPS) is 12.0. The van der Waals surface area contributed by atoms with Crippen LogP contribution in [0.4, 0.5) is 24.8 Å². The van der Waals surface area contributed by atoms with Crippen LogP contribution in [0.15, 0.2) is 59.6 Å². The first-order chi connectivity index (χ1) is 17.3. The van der Waals surface area contributed by atoms with Crippen molar-refractivity contribution in [2.45, 2.75) is 25.7 Å². The lowest BCUT2D eigenvalue weighted by atomic mass is 9.96. The van der Waals surface area contributed by atoms with Gasteiger partial charge < -0.3 is 0 Å². The highest BCUT2D eigenvalue weighted by Crippen LogP contribution is 2.33. The molecule has 0 spiro atoms. The van der Waals surface area contributed by atoms with Crippen molar-refractivity contribution in [2.75, 3.05) is 10.0 Å². The van der Waals surface area contributed by atoms with Crippen molar-refractivity contribution in [2.24, 2.45) is 5.41 Å². The van der Waals surface area contributed by atoms with E-state index in [0.717, 1.165) is 30.3 Å². The molecule has 4 aromatic rings. The minimum Gasteiger partial charge on any atom is -0.294 e. The third-order valence-electron chi connectivity index (χ3n) is 5.31. The van der Waals surface area contributed by atoms with Gasteiger partial charge >= 0.3 is 0 Å². The highest BCUT2D eigenvalue weighted by atomic mass is 35.5. The molecule has 0 aliphatic carbocycles. The SMILES string of the molecule is CC(C)(C)C(=O)Nc1ncc2cc(-c3c(F)ccc(NS(=O)(=O)c4ccc(F)c(Cl)c4)c3F)ccc2n1. The van der Waals surface area contributed by atoms with Crippen LogP contribution in [0.1, 0.15) is 20.8 Å². The maximum atomic E-state index is 15.4. The van der Waals surface area contributed by atoms with Crippen molar-refractivity contribution in [1.82, 2.24) is 9.97 Å². The fourth-order valence-electron chi connectivity index (χ4n) is 3.28. The molecule has 0 radical (unpaired) electrons. The zero-order valence-corrected chi connectivity index (χ0v) is 21.3. The van der Waals surface area contributed by atoms with Crippen LogP contribution in [0.5, 0.6) is 0 Å². The van der Waals surface area contributed by atoms with Gasteiger partial charge in [-0.25, -0.2) is 31.6 Å². The lowest BCUT2D eigenvalue weighted by Gasteiger charge is -2.16. The van der Waals surface area contributed by atoms with Crippen LogP contribution < -0.4 is 10.0 Å². The number of benzene rings is 3. The van der Waals surface area contributed by atoms with Gasteiger partial charge in [-0.15, -0.1) is 0 Å². The summed E-state index contributed by atoms with van der Waals surface area (Å²) in [5.41, 5.74) is -1.15. The summed E-state index contributed by atoms with van der Waals surface area (Å²) in [7, 11) is -4.36. The number of sulfonamides is 1. The molecule has 0 saturated carbocycles. The second-order valence-corrected chi connectivity index (χ2v) is 11.2. The fraction of sp³-hybridized carbons (Fsp3) is 0.160. The lowest BCUT2D eigenvalue weighted by molar-refractivity contribution is -0.123. The van der Waals surface area contributed by atoms with E-state index in [2.05, 4.69) is 15.3 Å². The van der Waals surface area contributed by atoms with E-state index in [0.29, 0.717) is 10.9 Å². The van der Waals surface area contributed by atoms with Gasteiger partial charge in [0.2, 0.25) is 11.9 Å². The van der Waals surface area contributed by atoms with E-state index in [4.69, 9.17) is 11.6 Å². The second-order valence-electron chi connectivity index (χ2n) is 9.14. The van der Waals surface area contributed by atoms with Gasteiger partial charge in [0, 0.05) is 17.0 Å². The molecule has 0 saturated heterocycles. The summed E-state index contributed by atoms with van der Waals surface area (Å²) in [6.45, 7) is 5.21. The molecule has 7 nitrogen and oxygen atoms in total. The first kappa shape index (κ1) is 26.4. The van der Waals surface area contributed by atoms with Crippen molar-refractivity contribution in [3.8, 4) is 11.1 Å². The monoisotopic (exact) mass is 548 g/mol. The molecule has 192 valence electrons. The first-order valence-electron chi connectivity index (χ1n) is 10.8. The Morgan fingerprint density at radius 2 is 1.68 bits per heavy atom. The zero-order chi connectivity index (χ0) is 27.1. The Kier molecular flexibility index (Phi) is 6.87. The van der Waals surface area contributed by atoms with Gasteiger partial charge in [-0.05, 0) is 48.0 Å². The third-order valence-corrected chi connectivity index (χ3v) is 6.96. The summed E-state index contributed by atoms with van der Waals surface area (Å²) < 4.78 is 71.0. The van der Waals surface area contributed by atoms with Crippen LogP contribution in [0, 0.1) is 22.9 Å². The topological polar surface area (TPSA) is 101 Å². The van der Waals surface area contributed by atoms with Crippen molar-refractivity contribution in [3.63, 3.8) is 0 Å². The Balaban J connectivity index is 1.69. The quantitative estimate of drug-likeness (QED) is 0.311. The molecule has 37 heavy (non-hydrogen) atoms. The molecule has 3 aromatic carbocycles. The van der Waals surface area contributed by atoms with Gasteiger partial charge in [-0.2, -0.15) is 0 Å². The minimum atomic E-state index is -4.36. The Morgan fingerprint density at radius 1 is 0.973 bits per heavy atom. The van der Waals surface area contributed by atoms with E-state index < -0.39 is 54.1 Å². The summed E-state index contributed by atoms with van der Waals surface area (Å²) in [5.74, 6) is -3.12. The van der Waals surface area contributed by atoms with E-state index in [-0.39, 0.29) is 17.4 Å². The van der Waals surface area contributed by atoms with Gasteiger partial charge in [0.05, 0.1) is 26.7 Å². The van der Waals surface area contributed by atoms with Crippen LogP contribution in [0.25, 0.3) is 22.0 Å². The maximum Gasteiger partial charge on any atom is 0.262 e. The number of carbonyl (C=O) groups excluding carboxylic acids is 1. The van der Waals surface area contributed by atoms with E-state index in [1.54, 1.807) is 20.8 Å². The number of aromatic nitrogens is 2. The van der Waals surface area contributed by atoms with Crippen LogP contribution in [0.2, 0.25) is 5.02 Å². The molecule has 2 N–H and O–H groups in total. The molecule has 12 heteroatoms. The molecule has 0 aliphatic rings. The third kappa shape index (κ3) is 5.52. The smallest absolute Gasteiger partial charge is 0.262 e. The van der Waals surface area contributed by atoms with E-state index >= 15 is 4.39 Å². The lowest BCUT2D eigenvalue weighted by Crippen LogP contribution is -2.28. The highest BCUT2D eigenvalue weighted by molar-refractivity contribution is 7.92. The number of amides is 1. The second kappa shape index (κ2) is 9.64. The average Bonchev–Trinajstić information content (AvgIpc) is 2.82. The Bertz CT molecular complexity index is 1660. The Hall–Kier alpha value is -3.70. The molecular weight excluding hydrogens is 529 g/mol. The van der Waals surface area contributed by atoms with Crippen molar-refractivity contribution >= 4 is 50.1 Å². The van der Waals surface area contributed by atoms with Crippen molar-refractivity contribution in [3.05, 3.63) is 77.2 Å². The molecular formula is C25H20ClF3N4O3S. The van der Waals surface area contributed by atoms with E-state index in [9.17, 15) is 22.0 Å². The van der Waals surface area contributed by atoms with Crippen LogP contribution in [-0.4, -0.2) is 24.3 Å². The van der Waals surface area contributed by atoms with Gasteiger partial charge in [0.15, 0.2) is 5.82 Å². The number of carbonyl (C=O) groups is 1. The number of nitrogens with one attached hydrogen (secondary N) is 2. The van der Waals surface area contributed by atoms with Gasteiger partial charge in [0.1, 0.15) is 11.6 Å². The molecule has 1 amide bonds. The molecule has 0 aliphatic heterocycles. The fourth-order valence-corrected chi connectivity index (χ4v) is 4.61. The molecule has 1 heterocycles. The van der Waals surface area contributed by atoms with Crippen molar-refractivity contribution < 1.29 is 26.4 Å². The molecule has 0 unspecified atom stereocenters. The largest absolute Gasteiger partial charge is 0.294 e. The van der Waals surface area contributed by atoms with Gasteiger partial charge in [0.25, 0.3) is 10.0 Å². The summed E-state index contributed by atoms with van der Waals surface area (Å²) in [4.78, 5) is 20.1. The first-order valence-corrected chi connectivity index (χ1v) is 12.7. The number of hydrogen-bond donors (Lipinski definition) is 2. The summed E-state index contributed by atoms with van der Waals surface area (Å²) in [6, 6.07) is 8.89. The number of anilines is 2. The number of nitrogens with zero attached hydrogens (tertiary/aromatic N) is 2. The predicted octanol–water partition coefficient (Wildman–Crippen LogP) is 6.15. The molecule has 0 fully saturated rings. The summed E-state index contributed by atoms with van der Waals surface area (Å²) in [6.07, 6.45) is 1.39. The van der Waals surface area contributed by atoms with Gasteiger partial charge in [-0.1, -0.05) is 38.4 Å². The minimum absolute atomic E-state index is 0.0786. The number of fused-ring (bicyclic) bond motifs is 1. The van der Waals surface area contributed by atoms with Crippen LogP contribution in [-0.2, 0) is 14.8 Å². The van der Waals surface area contributed by atoms with E-state index in [1.165, 1.54) is 24.4 Å². The zero-order valence-electron chi connectivity index (χ0n) is 19.7. The Labute approximate surface area is 215 Å². The predicted molar refractivity (Wildman–Crippen MR) is 135 cm³/mol. The molecule has 0 bridgehead atoms.